The van der Waals surface area contributed by atoms with Crippen molar-refractivity contribution in [1.29, 1.82) is 0 Å². The summed E-state index contributed by atoms with van der Waals surface area (Å²) in [7, 11) is 2.95. The van der Waals surface area contributed by atoms with Gasteiger partial charge < -0.3 is 24.4 Å². The number of rotatable bonds is 6. The third kappa shape index (κ3) is 5.25. The van der Waals surface area contributed by atoms with E-state index in [-0.39, 0.29) is 23.9 Å². The molecule has 13 heteroatoms. The quantitative estimate of drug-likeness (QED) is 0.417. The fourth-order valence-electron chi connectivity index (χ4n) is 5.18. The minimum absolute atomic E-state index is 0.0302. The van der Waals surface area contributed by atoms with Crippen LogP contribution in [0.25, 0.3) is 0 Å². The van der Waals surface area contributed by atoms with Crippen molar-refractivity contribution in [2.45, 2.75) is 31.6 Å². The number of carboxylic acids is 1. The Bertz CT molecular complexity index is 1430. The van der Waals surface area contributed by atoms with Gasteiger partial charge in [0.05, 0.1) is 66.6 Å². The predicted octanol–water partition coefficient (Wildman–Crippen LogP) is 5.41. The van der Waals surface area contributed by atoms with Gasteiger partial charge >= 0.3 is 12.1 Å². The number of aliphatic imine (C=N–C) groups is 1. The number of anilines is 2. The van der Waals surface area contributed by atoms with Crippen LogP contribution in [0.5, 0.6) is 11.5 Å². The van der Waals surface area contributed by atoms with Crippen LogP contribution in [0.2, 0.25) is 0 Å². The first kappa shape index (κ1) is 27.6. The van der Waals surface area contributed by atoms with Crippen LogP contribution in [0.3, 0.4) is 0 Å². The molecule has 0 unspecified atom stereocenters. The number of nitrogens with zero attached hydrogens (tertiary/aromatic N) is 5. The molecule has 5 rings (SSSR count). The second-order valence-corrected chi connectivity index (χ2v) is 10.5. The Balaban J connectivity index is 1.58. The van der Waals surface area contributed by atoms with E-state index in [0.717, 1.165) is 17.8 Å². The molecule has 1 N–H and O–H groups in total. The number of alkyl halides is 3. The van der Waals surface area contributed by atoms with E-state index in [2.05, 4.69) is 9.88 Å². The monoisotopic (exact) mass is 575 g/mol. The number of halogens is 3. The van der Waals surface area contributed by atoms with E-state index < -0.39 is 23.8 Å². The molecule has 0 bridgehead atoms. The lowest BCUT2D eigenvalue weighted by atomic mass is 10.0. The minimum atomic E-state index is -4.60. The number of guanidine groups is 1. The first-order chi connectivity index (χ1) is 19.1. The number of fused-ring (bicyclic) bond motifs is 1. The molecule has 2 atom stereocenters. The second kappa shape index (κ2) is 10.9. The van der Waals surface area contributed by atoms with Crippen LogP contribution in [0.4, 0.5) is 30.2 Å². The largest absolute Gasteiger partial charge is 0.495 e. The molecule has 0 radical (unpaired) electrons. The Morgan fingerprint density at radius 3 is 2.62 bits per heavy atom. The van der Waals surface area contributed by atoms with Crippen molar-refractivity contribution < 1.29 is 32.5 Å². The molecule has 1 saturated heterocycles. The number of benzene rings is 1. The summed E-state index contributed by atoms with van der Waals surface area (Å²) in [6.45, 7) is 3.57. The average molecular weight is 576 g/mol. The molecule has 9 nitrogen and oxygen atoms in total. The number of methoxy groups -OCH3 is 2. The molecule has 2 aromatic heterocycles. The Morgan fingerprint density at radius 1 is 1.15 bits per heavy atom. The predicted molar refractivity (Wildman–Crippen MR) is 146 cm³/mol. The summed E-state index contributed by atoms with van der Waals surface area (Å²) in [5, 5.41) is 11.6. The molecule has 1 fully saturated rings. The van der Waals surface area contributed by atoms with Gasteiger partial charge in [0.25, 0.3) is 0 Å². The van der Waals surface area contributed by atoms with Crippen molar-refractivity contribution in [2.75, 3.05) is 43.7 Å². The Morgan fingerprint density at radius 2 is 1.95 bits per heavy atom. The molecule has 2 aliphatic heterocycles. The lowest BCUT2D eigenvalue weighted by molar-refractivity contribution is -0.138. The molecule has 2 aliphatic rings. The van der Waals surface area contributed by atoms with Gasteiger partial charge in [0.2, 0.25) is 5.96 Å². The maximum atomic E-state index is 13.8. The molecular weight excluding hydrogens is 547 g/mol. The van der Waals surface area contributed by atoms with Crippen molar-refractivity contribution in [3.63, 3.8) is 0 Å². The first-order valence-electron chi connectivity index (χ1n) is 12.5. The van der Waals surface area contributed by atoms with E-state index in [0.29, 0.717) is 41.9 Å². The molecule has 40 heavy (non-hydrogen) atoms. The molecule has 1 aromatic carbocycles. The highest BCUT2D eigenvalue weighted by Gasteiger charge is 2.41. The summed E-state index contributed by atoms with van der Waals surface area (Å²) in [5.41, 5.74) is 0.740. The van der Waals surface area contributed by atoms with Crippen molar-refractivity contribution in [2.24, 2.45) is 4.99 Å². The van der Waals surface area contributed by atoms with E-state index in [9.17, 15) is 23.1 Å². The maximum Gasteiger partial charge on any atom is 0.416 e. The van der Waals surface area contributed by atoms with Crippen LogP contribution in [0.1, 0.15) is 29.8 Å². The number of carbonyl (C=O) groups is 1. The Labute approximate surface area is 233 Å². The number of aromatic nitrogens is 1. The summed E-state index contributed by atoms with van der Waals surface area (Å²) in [6.07, 6.45) is -1.55. The summed E-state index contributed by atoms with van der Waals surface area (Å²) >= 11 is 1.33. The molecule has 212 valence electrons. The van der Waals surface area contributed by atoms with E-state index in [1.165, 1.54) is 24.5 Å². The number of thiophene rings is 1. The van der Waals surface area contributed by atoms with Crippen LogP contribution < -0.4 is 19.3 Å². The van der Waals surface area contributed by atoms with Gasteiger partial charge in [-0.3, -0.25) is 14.7 Å². The van der Waals surface area contributed by atoms with Crippen LogP contribution in [-0.2, 0) is 11.0 Å². The summed E-state index contributed by atoms with van der Waals surface area (Å²) in [4.78, 5) is 27.6. The fourth-order valence-corrected chi connectivity index (χ4v) is 6.10. The lowest BCUT2D eigenvalue weighted by Gasteiger charge is -2.47. The fraction of sp³-hybridized carbons (Fsp3) is 0.370. The molecule has 4 heterocycles. The van der Waals surface area contributed by atoms with Crippen LogP contribution in [-0.4, -0.2) is 66.8 Å². The zero-order valence-corrected chi connectivity index (χ0v) is 22.9. The molecule has 0 saturated carbocycles. The number of aliphatic carboxylic acids is 1. The summed E-state index contributed by atoms with van der Waals surface area (Å²) in [6, 6.07) is 6.10. The zero-order valence-electron chi connectivity index (χ0n) is 22.1. The van der Waals surface area contributed by atoms with Gasteiger partial charge in [-0.15, -0.1) is 11.3 Å². The van der Waals surface area contributed by atoms with Gasteiger partial charge in [-0.25, -0.2) is 4.99 Å². The highest BCUT2D eigenvalue weighted by molar-refractivity contribution is 7.10. The number of hydrogen-bond donors (Lipinski definition) is 1. The smallest absolute Gasteiger partial charge is 0.416 e. The third-order valence-electron chi connectivity index (χ3n) is 7.03. The van der Waals surface area contributed by atoms with E-state index in [4.69, 9.17) is 14.5 Å². The van der Waals surface area contributed by atoms with Gasteiger partial charge in [0.15, 0.2) is 0 Å². The van der Waals surface area contributed by atoms with Gasteiger partial charge in [0.1, 0.15) is 11.5 Å². The number of carboxylic acid groups (broad SMARTS) is 1. The maximum absolute atomic E-state index is 13.8. The van der Waals surface area contributed by atoms with Crippen LogP contribution in [0.15, 0.2) is 53.1 Å². The number of pyridine rings is 1. The average Bonchev–Trinajstić information content (AvgIpc) is 3.40. The van der Waals surface area contributed by atoms with Crippen LogP contribution in [0, 0.1) is 0 Å². The highest BCUT2D eigenvalue weighted by Crippen LogP contribution is 2.47. The van der Waals surface area contributed by atoms with Gasteiger partial charge in [0, 0.05) is 31.7 Å². The SMILES string of the molecule is COc1cncc(N2CCN(C3=Nc4ccsc4[C@H](CC(=O)O)N3c3cc(C(F)(F)F)ccc3OC)C[C@H]2C)c1. The number of ether oxygens (including phenoxy) is 2. The minimum Gasteiger partial charge on any atom is -0.495 e. The van der Waals surface area contributed by atoms with E-state index in [1.807, 2.05) is 23.3 Å². The normalized spacial score (nSPS) is 19.2. The summed E-state index contributed by atoms with van der Waals surface area (Å²) in [5.74, 6) is 0.119. The molecule has 0 aliphatic carbocycles. The van der Waals surface area contributed by atoms with Crippen molar-refractivity contribution in [1.82, 2.24) is 9.88 Å². The third-order valence-corrected chi connectivity index (χ3v) is 8.04. The Hall–Kier alpha value is -4.00. The van der Waals surface area contributed by atoms with Crippen molar-refractivity contribution in [3.05, 3.63) is 58.5 Å². The molecular formula is C27H28F3N5O4S. The van der Waals surface area contributed by atoms with Gasteiger partial charge in [-0.2, -0.15) is 13.2 Å². The lowest BCUT2D eigenvalue weighted by Crippen LogP contribution is -2.58. The molecule has 3 aromatic rings. The number of piperazine rings is 1. The van der Waals surface area contributed by atoms with Gasteiger partial charge in [-0.05, 0) is 36.6 Å². The highest BCUT2D eigenvalue weighted by atomic mass is 32.1. The van der Waals surface area contributed by atoms with E-state index >= 15 is 0 Å². The Kier molecular flexibility index (Phi) is 7.49. The summed E-state index contributed by atoms with van der Waals surface area (Å²) < 4.78 is 52.3. The van der Waals surface area contributed by atoms with Crippen molar-refractivity contribution in [3.8, 4) is 11.5 Å². The van der Waals surface area contributed by atoms with Crippen molar-refractivity contribution >= 4 is 40.3 Å². The first-order valence-corrected chi connectivity index (χ1v) is 13.4. The zero-order chi connectivity index (χ0) is 28.6. The standard InChI is InChI=1S/C27H28F3N5O4S/c1-16-15-33(7-8-34(16)18-11-19(38-2)14-31-13-18)26-32-20-6-9-40-25(20)22(12-24(36)37)35(26)21-10-17(27(28,29)30)4-5-23(21)39-3/h4-6,9-11,13-14,16,22H,7-8,12,15H2,1-3H3,(H,36,37)/t16-,22+/m1/s1. The molecule has 0 spiro atoms. The van der Waals surface area contributed by atoms with Crippen LogP contribution >= 0.6 is 11.3 Å². The second-order valence-electron chi connectivity index (χ2n) is 9.52. The topological polar surface area (TPSA) is 90.7 Å². The van der Waals surface area contributed by atoms with E-state index in [1.54, 1.807) is 30.5 Å². The van der Waals surface area contributed by atoms with Gasteiger partial charge in [-0.1, -0.05) is 0 Å². The molecule has 0 amide bonds. The number of hydrogen-bond acceptors (Lipinski definition) is 9.